The summed E-state index contributed by atoms with van der Waals surface area (Å²) >= 11 is 0. The van der Waals surface area contributed by atoms with Crippen LogP contribution in [0.3, 0.4) is 0 Å². The van der Waals surface area contributed by atoms with Gasteiger partial charge in [-0.1, -0.05) is 13.8 Å². The van der Waals surface area contributed by atoms with Gasteiger partial charge in [0.1, 0.15) is 17.2 Å². The maximum atomic E-state index is 12.9. The van der Waals surface area contributed by atoms with Gasteiger partial charge in [-0.25, -0.2) is 19.2 Å². The molecule has 0 bridgehead atoms. The Morgan fingerprint density at radius 2 is 2.00 bits per heavy atom. The molecule has 1 aromatic carbocycles. The number of nitrogens with zero attached hydrogens (tertiary/aromatic N) is 2. The summed E-state index contributed by atoms with van der Waals surface area (Å²) in [6.07, 6.45) is 1.26. The van der Waals surface area contributed by atoms with Crippen LogP contribution >= 0.6 is 0 Å². The first-order valence-electron chi connectivity index (χ1n) is 6.57. The number of aromatic carboxylic acids is 1. The number of hydrogen-bond donors (Lipinski definition) is 2. The number of aromatic nitrogens is 2. The number of anilines is 1. The fourth-order valence-corrected chi connectivity index (χ4v) is 1.71. The van der Waals surface area contributed by atoms with Crippen LogP contribution in [0.2, 0.25) is 0 Å². The van der Waals surface area contributed by atoms with Crippen LogP contribution in [0.25, 0.3) is 11.4 Å². The second-order valence-electron chi connectivity index (χ2n) is 5.04. The minimum Gasteiger partial charge on any atom is -0.477 e. The Hall–Kier alpha value is -2.50. The van der Waals surface area contributed by atoms with E-state index in [-0.39, 0.29) is 17.2 Å². The molecule has 6 heteroatoms. The van der Waals surface area contributed by atoms with Crippen molar-refractivity contribution in [2.75, 3.05) is 11.9 Å². The van der Waals surface area contributed by atoms with Gasteiger partial charge in [0, 0.05) is 18.3 Å². The van der Waals surface area contributed by atoms with E-state index in [0.29, 0.717) is 23.9 Å². The Kier molecular flexibility index (Phi) is 4.47. The molecule has 0 aliphatic rings. The van der Waals surface area contributed by atoms with Crippen molar-refractivity contribution in [3.63, 3.8) is 0 Å². The van der Waals surface area contributed by atoms with E-state index < -0.39 is 5.97 Å². The van der Waals surface area contributed by atoms with Crippen molar-refractivity contribution in [3.8, 4) is 11.4 Å². The summed E-state index contributed by atoms with van der Waals surface area (Å²) < 4.78 is 12.9. The average molecular weight is 289 g/mol. The molecule has 5 nitrogen and oxygen atoms in total. The van der Waals surface area contributed by atoms with Gasteiger partial charge in [-0.2, -0.15) is 0 Å². The van der Waals surface area contributed by atoms with E-state index in [1.54, 1.807) is 12.1 Å². The normalized spacial score (nSPS) is 10.7. The molecule has 1 heterocycles. The lowest BCUT2D eigenvalue weighted by Gasteiger charge is -2.11. The van der Waals surface area contributed by atoms with E-state index in [2.05, 4.69) is 15.3 Å². The van der Waals surface area contributed by atoms with Gasteiger partial charge in [0.05, 0.1) is 0 Å². The first kappa shape index (κ1) is 14.9. The summed E-state index contributed by atoms with van der Waals surface area (Å²) in [5.41, 5.74) is 0.641. The summed E-state index contributed by atoms with van der Waals surface area (Å²) in [6, 6.07) is 5.73. The molecule has 0 saturated heterocycles. The zero-order valence-corrected chi connectivity index (χ0v) is 11.8. The number of rotatable bonds is 5. The zero-order chi connectivity index (χ0) is 15.4. The minimum absolute atomic E-state index is 0.0153. The van der Waals surface area contributed by atoms with Gasteiger partial charge in [0.25, 0.3) is 0 Å². The van der Waals surface area contributed by atoms with Gasteiger partial charge in [0.2, 0.25) is 0 Å². The average Bonchev–Trinajstić information content (AvgIpc) is 2.45. The lowest BCUT2D eigenvalue weighted by Crippen LogP contribution is -2.14. The predicted molar refractivity (Wildman–Crippen MR) is 77.7 cm³/mol. The molecule has 0 saturated carbocycles. The molecular weight excluding hydrogens is 273 g/mol. The number of carboxylic acids is 1. The molecule has 0 fully saturated rings. The van der Waals surface area contributed by atoms with Gasteiger partial charge in [-0.15, -0.1) is 0 Å². The van der Waals surface area contributed by atoms with E-state index >= 15 is 0 Å². The predicted octanol–water partition coefficient (Wildman–Crippen LogP) is 3.05. The number of nitrogens with one attached hydrogen (secondary N) is 1. The molecule has 0 aliphatic heterocycles. The Morgan fingerprint density at radius 1 is 1.33 bits per heavy atom. The molecule has 1 aromatic heterocycles. The Balaban J connectivity index is 2.38. The highest BCUT2D eigenvalue weighted by Crippen LogP contribution is 2.20. The number of halogens is 1. The largest absolute Gasteiger partial charge is 0.477 e. The number of benzene rings is 1. The van der Waals surface area contributed by atoms with Crippen LogP contribution < -0.4 is 5.32 Å². The van der Waals surface area contributed by atoms with Gasteiger partial charge in [-0.3, -0.25) is 0 Å². The highest BCUT2D eigenvalue weighted by atomic mass is 19.1. The first-order chi connectivity index (χ1) is 9.97. The van der Waals surface area contributed by atoms with Crippen LogP contribution in [0.5, 0.6) is 0 Å². The van der Waals surface area contributed by atoms with Crippen LogP contribution in [-0.2, 0) is 0 Å². The summed E-state index contributed by atoms with van der Waals surface area (Å²) in [5.74, 6) is -0.473. The molecular formula is C15H16FN3O2. The number of carbonyl (C=O) groups is 1. The van der Waals surface area contributed by atoms with Crippen molar-refractivity contribution in [2.24, 2.45) is 5.92 Å². The van der Waals surface area contributed by atoms with Gasteiger partial charge in [-0.05, 0) is 30.2 Å². The van der Waals surface area contributed by atoms with Crippen LogP contribution in [0, 0.1) is 11.7 Å². The molecule has 0 unspecified atom stereocenters. The molecule has 0 aliphatic carbocycles. The smallest absolute Gasteiger partial charge is 0.341 e. The monoisotopic (exact) mass is 289 g/mol. The molecule has 2 rings (SSSR count). The molecule has 21 heavy (non-hydrogen) atoms. The second kappa shape index (κ2) is 6.30. The van der Waals surface area contributed by atoms with Crippen LogP contribution in [-0.4, -0.2) is 27.6 Å². The summed E-state index contributed by atoms with van der Waals surface area (Å²) in [7, 11) is 0. The molecule has 0 spiro atoms. The second-order valence-corrected chi connectivity index (χ2v) is 5.04. The quantitative estimate of drug-likeness (QED) is 0.884. The highest BCUT2D eigenvalue weighted by Gasteiger charge is 2.14. The summed E-state index contributed by atoms with van der Waals surface area (Å²) in [6.45, 7) is 4.62. The lowest BCUT2D eigenvalue weighted by atomic mass is 10.2. The van der Waals surface area contributed by atoms with E-state index in [4.69, 9.17) is 5.11 Å². The lowest BCUT2D eigenvalue weighted by molar-refractivity contribution is 0.0697. The zero-order valence-electron chi connectivity index (χ0n) is 11.8. The molecule has 110 valence electrons. The van der Waals surface area contributed by atoms with E-state index in [9.17, 15) is 9.18 Å². The fraction of sp³-hybridized carbons (Fsp3) is 0.267. The van der Waals surface area contributed by atoms with Gasteiger partial charge < -0.3 is 10.4 Å². The van der Waals surface area contributed by atoms with Crippen molar-refractivity contribution in [3.05, 3.63) is 41.8 Å². The molecule has 0 radical (unpaired) electrons. The Morgan fingerprint density at radius 3 is 2.57 bits per heavy atom. The van der Waals surface area contributed by atoms with Gasteiger partial charge >= 0.3 is 5.97 Å². The van der Waals surface area contributed by atoms with E-state index in [1.165, 1.54) is 18.3 Å². The summed E-state index contributed by atoms with van der Waals surface area (Å²) in [5, 5.41) is 12.2. The first-order valence-corrected chi connectivity index (χ1v) is 6.57. The van der Waals surface area contributed by atoms with Crippen LogP contribution in [0.1, 0.15) is 24.2 Å². The number of carboxylic acid groups (broad SMARTS) is 1. The van der Waals surface area contributed by atoms with Crippen molar-refractivity contribution in [1.82, 2.24) is 9.97 Å². The Bertz CT molecular complexity index is 642. The van der Waals surface area contributed by atoms with Crippen molar-refractivity contribution in [2.45, 2.75) is 13.8 Å². The molecule has 0 atom stereocenters. The van der Waals surface area contributed by atoms with Gasteiger partial charge in [0.15, 0.2) is 5.82 Å². The third kappa shape index (κ3) is 3.75. The highest BCUT2D eigenvalue weighted by molar-refractivity contribution is 5.93. The molecule has 2 aromatic rings. The van der Waals surface area contributed by atoms with E-state index in [0.717, 1.165) is 0 Å². The van der Waals surface area contributed by atoms with Crippen molar-refractivity contribution in [1.29, 1.82) is 0 Å². The maximum absolute atomic E-state index is 12.9. The fourth-order valence-electron chi connectivity index (χ4n) is 1.71. The summed E-state index contributed by atoms with van der Waals surface area (Å²) in [4.78, 5) is 19.5. The Labute approximate surface area is 121 Å². The number of hydrogen-bond acceptors (Lipinski definition) is 4. The standard InChI is InChI=1S/C15H16FN3O2/c1-9(2)7-17-14-12(15(20)21)8-18-13(19-14)10-3-5-11(16)6-4-10/h3-6,8-9H,7H2,1-2H3,(H,20,21)(H,17,18,19). The topological polar surface area (TPSA) is 75.1 Å². The van der Waals surface area contributed by atoms with Crippen molar-refractivity contribution >= 4 is 11.8 Å². The van der Waals surface area contributed by atoms with E-state index in [1.807, 2.05) is 13.8 Å². The molecule has 2 N–H and O–H groups in total. The maximum Gasteiger partial charge on any atom is 0.341 e. The molecule has 0 amide bonds. The minimum atomic E-state index is -1.09. The third-order valence-electron chi connectivity index (χ3n) is 2.80. The van der Waals surface area contributed by atoms with Crippen molar-refractivity contribution < 1.29 is 14.3 Å². The van der Waals surface area contributed by atoms with Crippen LogP contribution in [0.4, 0.5) is 10.2 Å². The van der Waals surface area contributed by atoms with Crippen LogP contribution in [0.15, 0.2) is 30.5 Å². The third-order valence-corrected chi connectivity index (χ3v) is 2.80. The SMILES string of the molecule is CC(C)CNc1nc(-c2ccc(F)cc2)ncc1C(=O)O.